The Labute approximate surface area is 181 Å². The molecular formula is C20H10Cl2F3N3O3. The summed E-state index contributed by atoms with van der Waals surface area (Å²) < 4.78 is 42.4. The minimum atomic E-state index is -1.54. The van der Waals surface area contributed by atoms with E-state index >= 15 is 0 Å². The smallest absolute Gasteiger partial charge is 0.329 e. The average molecular weight is 468 g/mol. The topological polar surface area (TPSA) is 87.4 Å². The van der Waals surface area contributed by atoms with Gasteiger partial charge in [-0.25, -0.2) is 22.5 Å². The molecule has 0 fully saturated rings. The van der Waals surface area contributed by atoms with E-state index in [2.05, 4.69) is 9.98 Å². The van der Waals surface area contributed by atoms with Crippen LogP contribution in [0.15, 0.2) is 34.1 Å². The summed E-state index contributed by atoms with van der Waals surface area (Å²) in [5.41, 5.74) is -0.581. The molecule has 0 saturated heterocycles. The van der Waals surface area contributed by atoms with Crippen LogP contribution in [0.25, 0.3) is 11.6 Å². The third-order valence-corrected chi connectivity index (χ3v) is 5.35. The molecule has 0 radical (unpaired) electrons. The molecule has 2 heterocycles. The fourth-order valence-corrected chi connectivity index (χ4v) is 3.49. The normalized spacial score (nSPS) is 14.8. The van der Waals surface area contributed by atoms with E-state index in [1.165, 1.54) is 24.4 Å². The Balaban J connectivity index is 1.80. The van der Waals surface area contributed by atoms with Crippen LogP contribution in [0.2, 0.25) is 10.0 Å². The van der Waals surface area contributed by atoms with Gasteiger partial charge in [0.25, 0.3) is 0 Å². The monoisotopic (exact) mass is 467 g/mol. The van der Waals surface area contributed by atoms with Crippen molar-refractivity contribution in [1.29, 1.82) is 0 Å². The third-order valence-electron chi connectivity index (χ3n) is 4.70. The van der Waals surface area contributed by atoms with Crippen LogP contribution in [-0.2, 0) is 4.79 Å². The maximum atomic E-state index is 14.1. The van der Waals surface area contributed by atoms with Crippen molar-refractivity contribution >= 4 is 53.0 Å². The molecule has 2 N–H and O–H groups in total. The number of fused-ring (bicyclic) bond motifs is 1. The lowest BCUT2D eigenvalue weighted by Gasteiger charge is -2.13. The van der Waals surface area contributed by atoms with Gasteiger partial charge in [0, 0.05) is 17.4 Å². The highest BCUT2D eigenvalue weighted by atomic mass is 35.5. The number of aromatic hydroxyl groups is 1. The van der Waals surface area contributed by atoms with Crippen molar-refractivity contribution in [3.63, 3.8) is 0 Å². The number of aromatic nitrogens is 2. The van der Waals surface area contributed by atoms with Gasteiger partial charge in [0.2, 0.25) is 5.88 Å². The van der Waals surface area contributed by atoms with Gasteiger partial charge in [-0.3, -0.25) is 4.99 Å². The van der Waals surface area contributed by atoms with Crippen molar-refractivity contribution in [2.45, 2.75) is 6.04 Å². The first-order chi connectivity index (χ1) is 14.7. The second-order valence-corrected chi connectivity index (χ2v) is 7.32. The predicted molar refractivity (Wildman–Crippen MR) is 110 cm³/mol. The number of allylic oxidation sites excluding steroid dienone is 1. The molecule has 1 aliphatic rings. The number of benzene rings is 2. The van der Waals surface area contributed by atoms with E-state index in [4.69, 9.17) is 23.2 Å². The van der Waals surface area contributed by atoms with E-state index in [-0.39, 0.29) is 28.3 Å². The molecule has 1 aromatic heterocycles. The summed E-state index contributed by atoms with van der Waals surface area (Å²) in [6, 6.07) is 2.87. The highest BCUT2D eigenvalue weighted by Crippen LogP contribution is 2.38. The molecule has 0 bridgehead atoms. The number of aldehydes is 1. The van der Waals surface area contributed by atoms with Crippen LogP contribution in [0.5, 0.6) is 5.88 Å². The Morgan fingerprint density at radius 3 is 2.48 bits per heavy atom. The van der Waals surface area contributed by atoms with Crippen molar-refractivity contribution < 1.29 is 23.1 Å². The van der Waals surface area contributed by atoms with Gasteiger partial charge in [-0.15, -0.1) is 0 Å². The molecule has 0 saturated carbocycles. The Morgan fingerprint density at radius 2 is 1.84 bits per heavy atom. The number of hydrogen-bond acceptors (Lipinski definition) is 4. The van der Waals surface area contributed by atoms with Gasteiger partial charge in [0.15, 0.2) is 5.82 Å². The summed E-state index contributed by atoms with van der Waals surface area (Å²) in [4.78, 5) is 30.4. The molecule has 11 heteroatoms. The first kappa shape index (κ1) is 21.0. The van der Waals surface area contributed by atoms with Gasteiger partial charge in [0.1, 0.15) is 40.4 Å². The lowest BCUT2D eigenvalue weighted by molar-refractivity contribution is -0.109. The largest absolute Gasteiger partial charge is 0.493 e. The van der Waals surface area contributed by atoms with Gasteiger partial charge in [-0.2, -0.15) is 0 Å². The van der Waals surface area contributed by atoms with Crippen LogP contribution in [0.3, 0.4) is 0 Å². The standard InChI is InChI=1S/C20H10Cl2F3N3O3/c21-11-2-1-10-9(6-26-18(10)17(11)25)5-14-19(30)28(20(31)27-14)15(7-29)8-3-12(23)16(22)13(24)4-8/h1-7,15,30H,(H,27,31)/b9-5+. The predicted octanol–water partition coefficient (Wildman–Crippen LogP) is 4.65. The molecule has 1 aliphatic heterocycles. The van der Waals surface area contributed by atoms with E-state index in [0.717, 1.165) is 12.1 Å². The zero-order valence-electron chi connectivity index (χ0n) is 15.2. The van der Waals surface area contributed by atoms with E-state index in [1.54, 1.807) is 0 Å². The average Bonchev–Trinajstić information content (AvgIpc) is 3.26. The summed E-state index contributed by atoms with van der Waals surface area (Å²) in [6.07, 6.45) is 2.85. The SMILES string of the molecule is O=CC(c1cc(F)c(Cl)c(F)c1)n1c(O)c(/C=C2\C=Nc3c2ccc(Cl)c3F)[nH]c1=O. The van der Waals surface area contributed by atoms with Gasteiger partial charge in [-0.05, 0) is 29.8 Å². The number of aliphatic imine (C=N–C) groups is 1. The second kappa shape index (κ2) is 7.75. The lowest BCUT2D eigenvalue weighted by atomic mass is 10.1. The van der Waals surface area contributed by atoms with Gasteiger partial charge < -0.3 is 14.9 Å². The minimum absolute atomic E-state index is 0.00194. The Kier molecular flexibility index (Phi) is 5.24. The maximum Gasteiger partial charge on any atom is 0.329 e. The number of hydrogen-bond donors (Lipinski definition) is 2. The van der Waals surface area contributed by atoms with Gasteiger partial charge >= 0.3 is 5.69 Å². The number of rotatable bonds is 4. The molecule has 0 spiro atoms. The van der Waals surface area contributed by atoms with E-state index in [9.17, 15) is 27.9 Å². The van der Waals surface area contributed by atoms with Crippen LogP contribution in [0, 0.1) is 17.5 Å². The quantitative estimate of drug-likeness (QED) is 0.432. The summed E-state index contributed by atoms with van der Waals surface area (Å²) in [7, 11) is 0. The molecule has 1 atom stereocenters. The Morgan fingerprint density at radius 1 is 1.16 bits per heavy atom. The van der Waals surface area contributed by atoms with Crippen molar-refractivity contribution in [3.8, 4) is 5.88 Å². The maximum absolute atomic E-state index is 14.1. The van der Waals surface area contributed by atoms with Crippen molar-refractivity contribution in [1.82, 2.24) is 9.55 Å². The summed E-state index contributed by atoms with van der Waals surface area (Å²) in [5, 5.41) is 9.67. The first-order valence-corrected chi connectivity index (χ1v) is 9.35. The summed E-state index contributed by atoms with van der Waals surface area (Å²) in [6.45, 7) is 0. The number of carbonyl (C=O) groups excluding carboxylic acids is 1. The molecule has 1 unspecified atom stereocenters. The molecule has 0 aliphatic carbocycles. The molecule has 6 nitrogen and oxygen atoms in total. The number of nitrogens with one attached hydrogen (secondary N) is 1. The molecule has 3 aromatic rings. The zero-order valence-corrected chi connectivity index (χ0v) is 16.7. The number of nitrogens with zero attached hydrogens (tertiary/aromatic N) is 2. The van der Waals surface area contributed by atoms with Crippen LogP contribution in [-0.4, -0.2) is 27.2 Å². The molecule has 4 rings (SSSR count). The molecule has 2 aromatic carbocycles. The number of imidazole rings is 1. The van der Waals surface area contributed by atoms with Crippen molar-refractivity contribution in [2.24, 2.45) is 4.99 Å². The highest BCUT2D eigenvalue weighted by Gasteiger charge is 2.25. The Hall–Kier alpha value is -3.30. The van der Waals surface area contributed by atoms with Crippen molar-refractivity contribution in [3.05, 3.63) is 79.1 Å². The van der Waals surface area contributed by atoms with E-state index in [1.807, 2.05) is 0 Å². The van der Waals surface area contributed by atoms with Crippen LogP contribution < -0.4 is 5.69 Å². The summed E-state index contributed by atoms with van der Waals surface area (Å²) in [5.74, 6) is -3.66. The second-order valence-electron chi connectivity index (χ2n) is 6.53. The number of aromatic amines is 1. The minimum Gasteiger partial charge on any atom is -0.493 e. The molecule has 0 amide bonds. The number of halogens is 5. The zero-order chi connectivity index (χ0) is 22.4. The fourth-order valence-electron chi connectivity index (χ4n) is 3.22. The molecule has 158 valence electrons. The highest BCUT2D eigenvalue weighted by molar-refractivity contribution is 6.32. The number of carbonyl (C=O) groups is 1. The van der Waals surface area contributed by atoms with Crippen LogP contribution in [0.4, 0.5) is 18.9 Å². The van der Waals surface area contributed by atoms with E-state index < -0.39 is 40.1 Å². The van der Waals surface area contributed by atoms with Gasteiger partial charge in [0.05, 0.1) is 5.02 Å². The van der Waals surface area contributed by atoms with Crippen LogP contribution >= 0.6 is 23.2 Å². The number of H-pyrrole nitrogens is 1. The van der Waals surface area contributed by atoms with E-state index in [0.29, 0.717) is 15.7 Å². The molecular weight excluding hydrogens is 458 g/mol. The third kappa shape index (κ3) is 3.45. The van der Waals surface area contributed by atoms with Gasteiger partial charge in [-0.1, -0.05) is 29.3 Å². The Bertz CT molecular complexity index is 1340. The van der Waals surface area contributed by atoms with Crippen LogP contribution in [0.1, 0.15) is 22.9 Å². The first-order valence-electron chi connectivity index (χ1n) is 8.60. The fraction of sp³-hybridized carbons (Fsp3) is 0.0500. The molecule has 31 heavy (non-hydrogen) atoms. The van der Waals surface area contributed by atoms with Crippen molar-refractivity contribution in [2.75, 3.05) is 0 Å². The summed E-state index contributed by atoms with van der Waals surface area (Å²) >= 11 is 11.2. The lowest BCUT2D eigenvalue weighted by Crippen LogP contribution is -2.24.